The van der Waals surface area contributed by atoms with Gasteiger partial charge in [0, 0.05) is 16.7 Å². The summed E-state index contributed by atoms with van der Waals surface area (Å²) in [6.45, 7) is 0.303. The normalized spacial score (nSPS) is 11.1. The number of benzene rings is 1. The summed E-state index contributed by atoms with van der Waals surface area (Å²) in [4.78, 5) is 3.82. The Labute approximate surface area is 121 Å². The minimum absolute atomic E-state index is 0.0621. The fourth-order valence-electron chi connectivity index (χ4n) is 1.52. The van der Waals surface area contributed by atoms with Crippen molar-refractivity contribution in [2.75, 3.05) is 7.11 Å². The van der Waals surface area contributed by atoms with E-state index >= 15 is 0 Å². The van der Waals surface area contributed by atoms with Crippen molar-refractivity contribution in [1.82, 2.24) is 4.98 Å². The molecular formula is C13H12ClNO4S. The van der Waals surface area contributed by atoms with Crippen LogP contribution in [0.1, 0.15) is 5.56 Å². The molecule has 0 fully saturated rings. The van der Waals surface area contributed by atoms with Crippen molar-refractivity contribution < 1.29 is 17.9 Å². The highest BCUT2D eigenvalue weighted by Crippen LogP contribution is 2.18. The number of methoxy groups -OCH3 is 1. The Balaban J connectivity index is 2.04. The van der Waals surface area contributed by atoms with Gasteiger partial charge in [-0.25, -0.2) is 13.4 Å². The van der Waals surface area contributed by atoms with Gasteiger partial charge in [-0.3, -0.25) is 0 Å². The van der Waals surface area contributed by atoms with Crippen LogP contribution in [-0.2, 0) is 15.7 Å². The van der Waals surface area contributed by atoms with Crippen LogP contribution in [0.25, 0.3) is 0 Å². The molecule has 0 atom stereocenters. The van der Waals surface area contributed by atoms with Crippen molar-refractivity contribution in [3.8, 4) is 11.6 Å². The minimum Gasteiger partial charge on any atom is -0.497 e. The third-order valence-corrected chi connectivity index (χ3v) is 3.85. The van der Waals surface area contributed by atoms with Crippen molar-refractivity contribution >= 4 is 19.7 Å². The van der Waals surface area contributed by atoms with E-state index in [2.05, 4.69) is 4.98 Å². The highest BCUT2D eigenvalue weighted by molar-refractivity contribution is 8.13. The summed E-state index contributed by atoms with van der Waals surface area (Å²) in [5.74, 6) is 1.06. The third kappa shape index (κ3) is 3.85. The Morgan fingerprint density at radius 2 is 2.05 bits per heavy atom. The number of halogens is 1. The van der Waals surface area contributed by atoms with Gasteiger partial charge in [-0.1, -0.05) is 12.1 Å². The Kier molecular flexibility index (Phi) is 4.46. The Bertz CT molecular complexity index is 686. The average Bonchev–Trinajstić information content (AvgIpc) is 2.45. The molecule has 0 radical (unpaired) electrons. The van der Waals surface area contributed by atoms with Gasteiger partial charge >= 0.3 is 0 Å². The van der Waals surface area contributed by atoms with Crippen molar-refractivity contribution in [3.63, 3.8) is 0 Å². The lowest BCUT2D eigenvalue weighted by Gasteiger charge is -2.07. The van der Waals surface area contributed by atoms with Crippen LogP contribution in [0.2, 0.25) is 0 Å². The van der Waals surface area contributed by atoms with Gasteiger partial charge in [0.15, 0.2) is 0 Å². The van der Waals surface area contributed by atoms with Crippen molar-refractivity contribution in [1.29, 1.82) is 0 Å². The molecule has 0 aliphatic rings. The molecule has 20 heavy (non-hydrogen) atoms. The first-order valence-corrected chi connectivity index (χ1v) is 7.96. The lowest BCUT2D eigenvalue weighted by Crippen LogP contribution is -1.99. The maximum atomic E-state index is 11.1. The van der Waals surface area contributed by atoms with Gasteiger partial charge in [-0.2, -0.15) is 0 Å². The number of hydrogen-bond acceptors (Lipinski definition) is 5. The topological polar surface area (TPSA) is 65.5 Å². The lowest BCUT2D eigenvalue weighted by molar-refractivity contribution is 0.292. The fraction of sp³-hybridized carbons (Fsp3) is 0.154. The zero-order valence-corrected chi connectivity index (χ0v) is 12.2. The summed E-state index contributed by atoms with van der Waals surface area (Å²) >= 11 is 0. The second-order valence-corrected chi connectivity index (χ2v) is 6.48. The third-order valence-electron chi connectivity index (χ3n) is 2.51. The predicted octanol–water partition coefficient (Wildman–Crippen LogP) is 2.60. The number of aromatic nitrogens is 1. The summed E-state index contributed by atoms with van der Waals surface area (Å²) in [6, 6.07) is 10.2. The number of pyridine rings is 1. The van der Waals surface area contributed by atoms with Gasteiger partial charge < -0.3 is 9.47 Å². The highest BCUT2D eigenvalue weighted by Gasteiger charge is 2.10. The van der Waals surface area contributed by atoms with Crippen LogP contribution in [0.3, 0.4) is 0 Å². The summed E-state index contributed by atoms with van der Waals surface area (Å²) < 4.78 is 32.7. The highest BCUT2D eigenvalue weighted by atomic mass is 35.7. The number of nitrogens with zero attached hydrogens (tertiary/aromatic N) is 1. The number of rotatable bonds is 5. The molecular weight excluding hydrogens is 302 g/mol. The van der Waals surface area contributed by atoms with E-state index in [1.807, 2.05) is 24.3 Å². The molecule has 5 nitrogen and oxygen atoms in total. The van der Waals surface area contributed by atoms with E-state index in [1.54, 1.807) is 7.11 Å². The van der Waals surface area contributed by atoms with Gasteiger partial charge in [0.2, 0.25) is 5.88 Å². The maximum Gasteiger partial charge on any atom is 0.262 e. The predicted molar refractivity (Wildman–Crippen MR) is 74.6 cm³/mol. The van der Waals surface area contributed by atoms with E-state index in [9.17, 15) is 8.42 Å². The molecule has 7 heteroatoms. The molecule has 2 rings (SSSR count). The van der Waals surface area contributed by atoms with E-state index in [0.29, 0.717) is 12.5 Å². The number of hydrogen-bond donors (Lipinski definition) is 0. The van der Waals surface area contributed by atoms with Gasteiger partial charge in [-0.05, 0) is 23.8 Å². The van der Waals surface area contributed by atoms with Crippen LogP contribution in [0.4, 0.5) is 0 Å². The zero-order valence-electron chi connectivity index (χ0n) is 10.6. The van der Waals surface area contributed by atoms with Crippen molar-refractivity contribution in [2.24, 2.45) is 0 Å². The average molecular weight is 314 g/mol. The Morgan fingerprint density at radius 3 is 2.65 bits per heavy atom. The fourth-order valence-corrected chi connectivity index (χ4v) is 2.20. The van der Waals surface area contributed by atoms with Gasteiger partial charge in [0.25, 0.3) is 9.05 Å². The molecule has 0 spiro atoms. The van der Waals surface area contributed by atoms with E-state index in [1.165, 1.54) is 12.1 Å². The lowest BCUT2D eigenvalue weighted by atomic mass is 10.2. The molecule has 0 saturated carbocycles. The van der Waals surface area contributed by atoms with E-state index in [-0.39, 0.29) is 4.90 Å². The van der Waals surface area contributed by atoms with Crippen molar-refractivity contribution in [2.45, 2.75) is 11.5 Å². The molecule has 0 aliphatic carbocycles. The number of ether oxygens (including phenoxy) is 2. The SMILES string of the molecule is COc1cccc(COc2ccc(S(=O)(=O)Cl)cn2)c1. The first kappa shape index (κ1) is 14.6. The van der Waals surface area contributed by atoms with Crippen LogP contribution in [0, 0.1) is 0 Å². The van der Waals surface area contributed by atoms with Gasteiger partial charge in [0.1, 0.15) is 17.3 Å². The van der Waals surface area contributed by atoms with E-state index in [0.717, 1.165) is 17.5 Å². The first-order valence-electron chi connectivity index (χ1n) is 5.65. The van der Waals surface area contributed by atoms with Crippen LogP contribution in [-0.4, -0.2) is 20.5 Å². The Morgan fingerprint density at radius 1 is 1.25 bits per heavy atom. The Hall–Kier alpha value is -1.79. The first-order chi connectivity index (χ1) is 9.49. The van der Waals surface area contributed by atoms with Crippen LogP contribution >= 0.6 is 10.7 Å². The molecule has 0 amide bonds. The quantitative estimate of drug-likeness (QED) is 0.794. The summed E-state index contributed by atoms with van der Waals surface area (Å²) in [7, 11) is 3.03. The van der Waals surface area contributed by atoms with E-state index < -0.39 is 9.05 Å². The summed E-state index contributed by atoms with van der Waals surface area (Å²) in [5, 5.41) is 0. The summed E-state index contributed by atoms with van der Waals surface area (Å²) in [5.41, 5.74) is 0.917. The van der Waals surface area contributed by atoms with Crippen LogP contribution in [0.15, 0.2) is 47.5 Å². The standard InChI is InChI=1S/C13H12ClNO4S/c1-18-11-4-2-3-10(7-11)9-19-13-6-5-12(8-15-13)20(14,16)17/h2-8H,9H2,1H3. The summed E-state index contributed by atoms with van der Waals surface area (Å²) in [6.07, 6.45) is 1.16. The minimum atomic E-state index is -3.76. The van der Waals surface area contributed by atoms with Crippen LogP contribution in [0.5, 0.6) is 11.6 Å². The smallest absolute Gasteiger partial charge is 0.262 e. The monoisotopic (exact) mass is 313 g/mol. The molecule has 0 N–H and O–H groups in total. The second kappa shape index (κ2) is 6.11. The van der Waals surface area contributed by atoms with Gasteiger partial charge in [0.05, 0.1) is 13.3 Å². The second-order valence-electron chi connectivity index (χ2n) is 3.91. The van der Waals surface area contributed by atoms with E-state index in [4.69, 9.17) is 20.2 Å². The molecule has 0 unspecified atom stereocenters. The maximum absolute atomic E-state index is 11.1. The molecule has 1 heterocycles. The largest absolute Gasteiger partial charge is 0.497 e. The molecule has 2 aromatic rings. The van der Waals surface area contributed by atoms with Crippen LogP contribution < -0.4 is 9.47 Å². The van der Waals surface area contributed by atoms with Crippen molar-refractivity contribution in [3.05, 3.63) is 48.2 Å². The molecule has 0 aliphatic heterocycles. The molecule has 0 saturated heterocycles. The molecule has 0 bridgehead atoms. The molecule has 106 valence electrons. The molecule has 1 aromatic carbocycles. The molecule has 1 aromatic heterocycles. The zero-order chi connectivity index (χ0) is 14.6. The van der Waals surface area contributed by atoms with Gasteiger partial charge in [-0.15, -0.1) is 0 Å².